The van der Waals surface area contributed by atoms with E-state index < -0.39 is 5.82 Å². The standard InChI is InChI=1S/C24H27FN4O3/c1-15-21(12-26-16(2)28-15)32-14-24(18-7-5-4-6-8-18)10-19(24)23(30)29-22-9-17(13-31-3)20(25)11-27-22/h4-7,9,11-12,18-19H,8,10,13-14H2,1-3H3,(H,27,29,30)/t18?,19-,24+/m0/s1. The van der Waals surface area contributed by atoms with Gasteiger partial charge in [0.15, 0.2) is 5.75 Å². The summed E-state index contributed by atoms with van der Waals surface area (Å²) in [6, 6.07) is 1.51. The lowest BCUT2D eigenvalue weighted by molar-refractivity contribution is -0.118. The quantitative estimate of drug-likeness (QED) is 0.672. The molecule has 8 heteroatoms. The van der Waals surface area contributed by atoms with Gasteiger partial charge in [0, 0.05) is 24.0 Å². The molecule has 0 bridgehead atoms. The van der Waals surface area contributed by atoms with Crippen molar-refractivity contribution < 1.29 is 18.7 Å². The third-order valence-corrected chi connectivity index (χ3v) is 6.19. The first-order chi connectivity index (χ1) is 15.4. The molecule has 2 heterocycles. The van der Waals surface area contributed by atoms with Crippen LogP contribution in [0.5, 0.6) is 5.75 Å². The number of methoxy groups -OCH3 is 1. The van der Waals surface area contributed by atoms with Crippen LogP contribution in [-0.2, 0) is 16.1 Å². The van der Waals surface area contributed by atoms with Gasteiger partial charge in [-0.05, 0) is 38.7 Å². The summed E-state index contributed by atoms with van der Waals surface area (Å²) >= 11 is 0. The van der Waals surface area contributed by atoms with E-state index >= 15 is 0 Å². The molecular weight excluding hydrogens is 411 g/mol. The van der Waals surface area contributed by atoms with Gasteiger partial charge in [-0.1, -0.05) is 24.3 Å². The molecule has 7 nitrogen and oxygen atoms in total. The number of nitrogens with zero attached hydrogens (tertiary/aromatic N) is 3. The minimum absolute atomic E-state index is 0.107. The van der Waals surface area contributed by atoms with Crippen LogP contribution in [0.1, 0.15) is 29.9 Å². The number of rotatable bonds is 8. The van der Waals surface area contributed by atoms with E-state index in [0.717, 1.165) is 18.3 Å². The number of hydrogen-bond donors (Lipinski definition) is 1. The molecule has 1 saturated carbocycles. The number of ether oxygens (including phenoxy) is 2. The summed E-state index contributed by atoms with van der Waals surface area (Å²) in [6.45, 7) is 4.21. The summed E-state index contributed by atoms with van der Waals surface area (Å²) in [5, 5.41) is 2.85. The van der Waals surface area contributed by atoms with Gasteiger partial charge in [-0.15, -0.1) is 0 Å². The van der Waals surface area contributed by atoms with Crippen molar-refractivity contribution in [1.82, 2.24) is 15.0 Å². The van der Waals surface area contributed by atoms with Crippen molar-refractivity contribution in [2.45, 2.75) is 33.3 Å². The van der Waals surface area contributed by atoms with Crippen LogP contribution in [0.4, 0.5) is 10.2 Å². The third kappa shape index (κ3) is 4.55. The van der Waals surface area contributed by atoms with E-state index in [1.165, 1.54) is 13.2 Å². The van der Waals surface area contributed by atoms with E-state index in [1.54, 1.807) is 6.20 Å². The van der Waals surface area contributed by atoms with Crippen LogP contribution >= 0.6 is 0 Å². The predicted molar refractivity (Wildman–Crippen MR) is 117 cm³/mol. The molecule has 2 aromatic heterocycles. The fourth-order valence-corrected chi connectivity index (χ4v) is 4.31. The Morgan fingerprint density at radius 2 is 2.12 bits per heavy atom. The predicted octanol–water partition coefficient (Wildman–Crippen LogP) is 3.93. The normalized spacial score (nSPS) is 23.8. The number of carbonyl (C=O) groups excluding carboxylic acids is 1. The molecule has 1 N–H and O–H groups in total. The highest BCUT2D eigenvalue weighted by atomic mass is 19.1. The Labute approximate surface area is 186 Å². The molecule has 0 aromatic carbocycles. The average molecular weight is 439 g/mol. The molecule has 1 amide bonds. The molecule has 168 valence electrons. The minimum atomic E-state index is -0.464. The molecule has 32 heavy (non-hydrogen) atoms. The van der Waals surface area contributed by atoms with E-state index in [1.807, 2.05) is 26.0 Å². The lowest BCUT2D eigenvalue weighted by atomic mass is 9.82. The number of anilines is 1. The molecule has 2 aliphatic carbocycles. The molecule has 0 saturated heterocycles. The Morgan fingerprint density at radius 3 is 2.84 bits per heavy atom. The smallest absolute Gasteiger partial charge is 0.229 e. The van der Waals surface area contributed by atoms with Crippen molar-refractivity contribution in [2.75, 3.05) is 19.0 Å². The second kappa shape index (κ2) is 9.16. The van der Waals surface area contributed by atoms with E-state index in [-0.39, 0.29) is 29.8 Å². The minimum Gasteiger partial charge on any atom is -0.489 e. The number of hydrogen-bond acceptors (Lipinski definition) is 6. The van der Waals surface area contributed by atoms with Crippen LogP contribution in [0, 0.1) is 36.9 Å². The highest BCUT2D eigenvalue weighted by molar-refractivity contribution is 5.94. The highest BCUT2D eigenvalue weighted by Gasteiger charge is 2.62. The largest absolute Gasteiger partial charge is 0.489 e. The first-order valence-electron chi connectivity index (χ1n) is 10.6. The Bertz CT molecular complexity index is 1070. The van der Waals surface area contributed by atoms with Crippen molar-refractivity contribution in [1.29, 1.82) is 0 Å². The molecule has 0 aliphatic heterocycles. The summed E-state index contributed by atoms with van der Waals surface area (Å²) in [7, 11) is 1.49. The van der Waals surface area contributed by atoms with Crippen LogP contribution < -0.4 is 10.1 Å². The van der Waals surface area contributed by atoms with Crippen molar-refractivity contribution in [3.63, 3.8) is 0 Å². The lowest BCUT2D eigenvalue weighted by Crippen LogP contribution is -2.29. The van der Waals surface area contributed by atoms with E-state index in [2.05, 4.69) is 32.4 Å². The summed E-state index contributed by atoms with van der Waals surface area (Å²) in [6.07, 6.45) is 12.6. The topological polar surface area (TPSA) is 86.2 Å². The molecular formula is C24H27FN4O3. The first-order valence-corrected chi connectivity index (χ1v) is 10.6. The molecule has 4 rings (SSSR count). The van der Waals surface area contributed by atoms with Crippen LogP contribution in [0.25, 0.3) is 0 Å². The van der Waals surface area contributed by atoms with Gasteiger partial charge in [0.2, 0.25) is 5.91 Å². The van der Waals surface area contributed by atoms with Crippen molar-refractivity contribution in [3.8, 4) is 5.75 Å². The molecule has 3 atom stereocenters. The summed E-state index contributed by atoms with van der Waals surface area (Å²) in [5.74, 6) is 0.957. The fourth-order valence-electron chi connectivity index (χ4n) is 4.31. The Hall–Kier alpha value is -3.13. The second-order valence-corrected chi connectivity index (χ2v) is 8.38. The number of amides is 1. The zero-order chi connectivity index (χ0) is 22.7. The van der Waals surface area contributed by atoms with Crippen molar-refractivity contribution in [3.05, 3.63) is 65.7 Å². The van der Waals surface area contributed by atoms with Crippen molar-refractivity contribution >= 4 is 11.7 Å². The number of halogens is 1. The van der Waals surface area contributed by atoms with Crippen LogP contribution in [0.3, 0.4) is 0 Å². The van der Waals surface area contributed by atoms with E-state index in [9.17, 15) is 9.18 Å². The van der Waals surface area contributed by atoms with Crippen LogP contribution in [-0.4, -0.2) is 34.6 Å². The lowest BCUT2D eigenvalue weighted by Gasteiger charge is -2.26. The Kier molecular flexibility index (Phi) is 6.32. The molecule has 1 fully saturated rings. The Morgan fingerprint density at radius 1 is 1.28 bits per heavy atom. The number of carbonyl (C=O) groups is 1. The van der Waals surface area contributed by atoms with Gasteiger partial charge in [-0.2, -0.15) is 0 Å². The van der Waals surface area contributed by atoms with E-state index in [4.69, 9.17) is 9.47 Å². The number of aryl methyl sites for hydroxylation is 2. The number of allylic oxidation sites excluding steroid dienone is 4. The number of aromatic nitrogens is 3. The molecule has 2 aromatic rings. The maximum absolute atomic E-state index is 13.9. The monoisotopic (exact) mass is 438 g/mol. The van der Waals surface area contributed by atoms with Crippen molar-refractivity contribution in [2.24, 2.45) is 17.3 Å². The van der Waals surface area contributed by atoms with E-state index in [0.29, 0.717) is 36.0 Å². The molecule has 2 aliphatic rings. The summed E-state index contributed by atoms with van der Waals surface area (Å²) in [4.78, 5) is 25.7. The Balaban J connectivity index is 1.50. The van der Waals surface area contributed by atoms with Gasteiger partial charge < -0.3 is 14.8 Å². The number of pyridine rings is 1. The molecule has 0 spiro atoms. The van der Waals surface area contributed by atoms with Gasteiger partial charge in [-0.25, -0.2) is 19.3 Å². The number of nitrogens with one attached hydrogen (secondary N) is 1. The average Bonchev–Trinajstić information content (AvgIpc) is 3.52. The molecule has 1 unspecified atom stereocenters. The second-order valence-electron chi connectivity index (χ2n) is 8.38. The maximum Gasteiger partial charge on any atom is 0.229 e. The van der Waals surface area contributed by atoms with Gasteiger partial charge in [0.1, 0.15) is 17.5 Å². The zero-order valence-electron chi connectivity index (χ0n) is 18.5. The van der Waals surface area contributed by atoms with Crippen LogP contribution in [0.2, 0.25) is 0 Å². The fraction of sp³-hybridized carbons (Fsp3) is 0.417. The van der Waals surface area contributed by atoms with Gasteiger partial charge >= 0.3 is 0 Å². The van der Waals surface area contributed by atoms with Gasteiger partial charge in [0.25, 0.3) is 0 Å². The summed E-state index contributed by atoms with van der Waals surface area (Å²) in [5.41, 5.74) is 0.783. The van der Waals surface area contributed by atoms with Gasteiger partial charge in [0.05, 0.1) is 31.3 Å². The zero-order valence-corrected chi connectivity index (χ0v) is 18.5. The third-order valence-electron chi connectivity index (χ3n) is 6.19. The first kappa shape index (κ1) is 22.1. The van der Waals surface area contributed by atoms with Crippen LogP contribution in [0.15, 0.2) is 42.8 Å². The SMILES string of the molecule is COCc1cc(NC(=O)[C@@H]2C[C@@]2(COc2cnc(C)nc2C)C2C=CC=CC2)ncc1F. The summed E-state index contributed by atoms with van der Waals surface area (Å²) < 4.78 is 25.0. The van der Waals surface area contributed by atoms with Gasteiger partial charge in [-0.3, -0.25) is 4.79 Å². The maximum atomic E-state index is 13.9. The molecule has 0 radical (unpaired) electrons. The highest BCUT2D eigenvalue weighted by Crippen LogP contribution is 2.60.